The van der Waals surface area contributed by atoms with Crippen molar-refractivity contribution < 1.29 is 0 Å². The van der Waals surface area contributed by atoms with E-state index in [9.17, 15) is 0 Å². The summed E-state index contributed by atoms with van der Waals surface area (Å²) in [6, 6.07) is 2.84. The minimum absolute atomic E-state index is 0.156. The van der Waals surface area contributed by atoms with Crippen LogP contribution in [0.3, 0.4) is 0 Å². The van der Waals surface area contributed by atoms with Crippen LogP contribution in [0, 0.1) is 0 Å². The smallest absolute Gasteiger partial charge is 0.0687 e. The van der Waals surface area contributed by atoms with Gasteiger partial charge in [0.1, 0.15) is 0 Å². The minimum atomic E-state index is 0.156. The highest BCUT2D eigenvalue weighted by Crippen LogP contribution is 2.50. The first-order chi connectivity index (χ1) is 9.25. The molecule has 0 nitrogen and oxygen atoms in total. The average Bonchev–Trinajstić information content (AvgIpc) is 2.38. The molecule has 0 fully saturated rings. The van der Waals surface area contributed by atoms with Gasteiger partial charge in [-0.1, -0.05) is 92.8 Å². The summed E-state index contributed by atoms with van der Waals surface area (Å²) in [7, 11) is 0. The van der Waals surface area contributed by atoms with Crippen LogP contribution in [0.2, 0.25) is 40.2 Å². The van der Waals surface area contributed by atoms with Gasteiger partial charge in [0, 0.05) is 11.1 Å². The molecular formula is C12H2Cl8. The highest BCUT2D eigenvalue weighted by molar-refractivity contribution is 6.54. The Morgan fingerprint density at radius 3 is 0.800 bits per heavy atom. The summed E-state index contributed by atoms with van der Waals surface area (Å²) >= 11 is 48.7. The standard InChI is InChI=1S/C12H2Cl8/c13-3-1-4(14)10(18)7(9(3)17)8-11(19)5(15)2-6(16)12(8)20/h1-2H/i1+1,2+1,3+1,4+1,5+1,6+1,7+1,8+1,9+1,10+1,11+1,12+1. The van der Waals surface area contributed by atoms with E-state index in [0.717, 1.165) is 0 Å². The number of benzene rings is 2. The summed E-state index contributed by atoms with van der Waals surface area (Å²) in [4.78, 5) is 0. The zero-order chi connectivity index (χ0) is 15.2. The lowest BCUT2D eigenvalue weighted by molar-refractivity contribution is 1.61. The first-order valence-electron chi connectivity index (χ1n) is 4.92. The predicted molar refractivity (Wildman–Crippen MR) is 92.0 cm³/mol. The van der Waals surface area contributed by atoms with Crippen molar-refractivity contribution in [3.8, 4) is 11.1 Å². The Hall–Kier alpha value is 0.760. The van der Waals surface area contributed by atoms with Crippen molar-refractivity contribution in [2.45, 2.75) is 0 Å². The molecule has 0 heterocycles. The fourth-order valence-corrected chi connectivity index (χ4v) is 3.58. The normalized spacial score (nSPS) is 11.0. The molecule has 0 radical (unpaired) electrons. The van der Waals surface area contributed by atoms with E-state index in [4.69, 9.17) is 92.8 Å². The van der Waals surface area contributed by atoms with Gasteiger partial charge in [-0.15, -0.1) is 0 Å². The van der Waals surface area contributed by atoms with Gasteiger partial charge in [0.25, 0.3) is 0 Å². The van der Waals surface area contributed by atoms with Crippen LogP contribution in [0.15, 0.2) is 12.1 Å². The fraction of sp³-hybridized carbons (Fsp3) is 0. The molecule has 2 aromatic rings. The number of hydrogen-bond acceptors (Lipinski definition) is 0. The van der Waals surface area contributed by atoms with Crippen molar-refractivity contribution in [2.75, 3.05) is 0 Å². The second-order valence-electron chi connectivity index (χ2n) is 3.69. The van der Waals surface area contributed by atoms with Crippen LogP contribution < -0.4 is 0 Å². The Morgan fingerprint density at radius 1 is 0.400 bits per heavy atom. The lowest BCUT2D eigenvalue weighted by atomic mass is 11.0. The molecule has 0 atom stereocenters. The van der Waals surface area contributed by atoms with Gasteiger partial charge >= 0.3 is 0 Å². The van der Waals surface area contributed by atoms with Crippen molar-refractivity contribution in [2.24, 2.45) is 0 Å². The quantitative estimate of drug-likeness (QED) is 0.389. The molecule has 0 bridgehead atoms. The zero-order valence-electron chi connectivity index (χ0n) is 9.18. The van der Waals surface area contributed by atoms with Crippen molar-refractivity contribution in [3.63, 3.8) is 0 Å². The molecule has 0 N–H and O–H groups in total. The lowest BCUT2D eigenvalue weighted by Crippen LogP contribution is -1.89. The fourth-order valence-electron chi connectivity index (χ4n) is 1.59. The van der Waals surface area contributed by atoms with Crippen LogP contribution in [0.5, 0.6) is 0 Å². The maximum atomic E-state index is 6.18. The molecule has 20 heavy (non-hydrogen) atoms. The molecule has 0 aromatic heterocycles. The summed E-state index contributed by atoms with van der Waals surface area (Å²) in [5.74, 6) is 0. The molecule has 0 aliphatic rings. The molecule has 0 amide bonds. The topological polar surface area (TPSA) is 0 Å². The molecule has 0 unspecified atom stereocenters. The van der Waals surface area contributed by atoms with Crippen LogP contribution >= 0.6 is 92.8 Å². The Bertz CT molecular complexity index is 594. The van der Waals surface area contributed by atoms with E-state index < -0.39 is 0 Å². The molecule has 2 aromatic carbocycles. The zero-order valence-corrected chi connectivity index (χ0v) is 15.2. The van der Waals surface area contributed by atoms with Crippen LogP contribution in [0.1, 0.15) is 0 Å². The van der Waals surface area contributed by atoms with E-state index >= 15 is 0 Å². The van der Waals surface area contributed by atoms with E-state index in [1.807, 2.05) is 0 Å². The third-order valence-electron chi connectivity index (χ3n) is 2.47. The molecule has 0 spiro atoms. The molecule has 106 valence electrons. The van der Waals surface area contributed by atoms with Gasteiger partial charge in [0.15, 0.2) is 0 Å². The van der Waals surface area contributed by atoms with Crippen molar-refractivity contribution in [1.82, 2.24) is 0 Å². The van der Waals surface area contributed by atoms with Crippen LogP contribution in [-0.4, -0.2) is 0 Å². The van der Waals surface area contributed by atoms with Crippen molar-refractivity contribution >= 4 is 92.8 Å². The number of rotatable bonds is 1. The summed E-state index contributed by atoms with van der Waals surface area (Å²) in [6.07, 6.45) is 0. The molecule has 0 aliphatic heterocycles. The highest BCUT2D eigenvalue weighted by atomic mass is 35.5. The summed E-state index contributed by atoms with van der Waals surface area (Å²) in [5, 5.41) is 1.45. The molecule has 8 heteroatoms. The Kier molecular flexibility index (Phi) is 5.55. The van der Waals surface area contributed by atoms with Gasteiger partial charge in [0.2, 0.25) is 0 Å². The van der Waals surface area contributed by atoms with Gasteiger partial charge in [-0.05, 0) is 12.1 Å². The first kappa shape index (κ1) is 17.1. The maximum absolute atomic E-state index is 6.18. The van der Waals surface area contributed by atoms with Gasteiger partial charge in [-0.3, -0.25) is 0 Å². The lowest BCUT2D eigenvalue weighted by Gasteiger charge is -2.15. The summed E-state index contributed by atoms with van der Waals surface area (Å²) in [6.45, 7) is 0. The van der Waals surface area contributed by atoms with Gasteiger partial charge in [-0.25, -0.2) is 0 Å². The van der Waals surface area contributed by atoms with Crippen molar-refractivity contribution in [1.29, 1.82) is 0 Å². The Morgan fingerprint density at radius 2 is 0.600 bits per heavy atom. The SMILES string of the molecule is Cl[13c]1[13cH][13c](Cl)[13c](Cl)[13c](-[13c]2[13c](Cl)[13c](Cl)[13cH][13c](Cl)[13c]2Cl)[13c]1Cl. The predicted octanol–water partition coefficient (Wildman–Crippen LogP) is 8.58. The molecule has 0 aliphatic carbocycles. The Labute approximate surface area is 155 Å². The highest BCUT2D eigenvalue weighted by Gasteiger charge is 2.23. The molecular weight excluding hydrogens is 440 g/mol. The third-order valence-corrected chi connectivity index (χ3v) is 5.62. The van der Waals surface area contributed by atoms with E-state index in [1.165, 1.54) is 12.1 Å². The molecule has 2 rings (SSSR count). The minimum Gasteiger partial charge on any atom is -0.0826 e. The summed E-state index contributed by atoms with van der Waals surface area (Å²) in [5.41, 5.74) is 0.565. The second kappa shape index (κ2) is 6.48. The van der Waals surface area contributed by atoms with Crippen LogP contribution in [-0.2, 0) is 0 Å². The average molecular weight is 442 g/mol. The van der Waals surface area contributed by atoms with E-state index in [2.05, 4.69) is 0 Å². The first-order valence-corrected chi connectivity index (χ1v) is 7.94. The van der Waals surface area contributed by atoms with Crippen LogP contribution in [0.4, 0.5) is 0 Å². The number of hydrogen-bond donors (Lipinski definition) is 0. The molecule has 0 saturated carbocycles. The van der Waals surface area contributed by atoms with E-state index in [-0.39, 0.29) is 51.3 Å². The maximum Gasteiger partial charge on any atom is 0.0687 e. The van der Waals surface area contributed by atoms with Gasteiger partial charge in [0.05, 0.1) is 40.2 Å². The number of halogens is 8. The Balaban J connectivity index is 2.96. The van der Waals surface area contributed by atoms with E-state index in [1.54, 1.807) is 0 Å². The van der Waals surface area contributed by atoms with E-state index in [0.29, 0.717) is 0 Å². The third kappa shape index (κ3) is 2.95. The molecule has 0 saturated heterocycles. The second-order valence-corrected chi connectivity index (χ2v) is 6.83. The van der Waals surface area contributed by atoms with Gasteiger partial charge < -0.3 is 0 Å². The van der Waals surface area contributed by atoms with Crippen molar-refractivity contribution in [3.05, 3.63) is 52.3 Å². The van der Waals surface area contributed by atoms with Crippen LogP contribution in [0.25, 0.3) is 11.1 Å². The van der Waals surface area contributed by atoms with Gasteiger partial charge in [-0.2, -0.15) is 0 Å². The summed E-state index contributed by atoms with van der Waals surface area (Å²) < 4.78 is 0. The largest absolute Gasteiger partial charge is 0.0826 e. The monoisotopic (exact) mass is 438 g/mol.